The third-order valence-corrected chi connectivity index (χ3v) is 12.4. The minimum Gasteiger partial charge on any atom is -0.448 e. The van der Waals surface area contributed by atoms with Gasteiger partial charge in [-0.15, -0.1) is 0 Å². The molecule has 0 unspecified atom stereocenters. The lowest BCUT2D eigenvalue weighted by Gasteiger charge is -2.51. The molecule has 0 aliphatic carbocycles. The van der Waals surface area contributed by atoms with E-state index in [2.05, 4.69) is 0 Å². The summed E-state index contributed by atoms with van der Waals surface area (Å²) in [5, 5.41) is 0. The second-order valence-corrected chi connectivity index (χ2v) is 13.5. The summed E-state index contributed by atoms with van der Waals surface area (Å²) in [6, 6.07) is 0. The van der Waals surface area contributed by atoms with Gasteiger partial charge >= 0.3 is 6.98 Å². The van der Waals surface area contributed by atoms with E-state index in [9.17, 15) is 12.9 Å². The molecule has 0 nitrogen and oxygen atoms in total. The summed E-state index contributed by atoms with van der Waals surface area (Å²) in [7, 11) is -2.21. The molecule has 0 aromatic heterocycles. The third kappa shape index (κ3) is 2.14. The average Bonchev–Trinajstić information content (AvgIpc) is 2.02. The van der Waals surface area contributed by atoms with E-state index in [4.69, 9.17) is 0 Å². The number of rotatable bonds is 2. The first-order valence-corrected chi connectivity index (χ1v) is 10.2. The fourth-order valence-electron chi connectivity index (χ4n) is 1.66. The van der Waals surface area contributed by atoms with Crippen molar-refractivity contribution in [2.24, 2.45) is 0 Å². The van der Waals surface area contributed by atoms with Gasteiger partial charge in [0.15, 0.2) is 0 Å². The molecular formula is C7H15BF3S2Si-. The molecule has 0 radical (unpaired) electrons. The second kappa shape index (κ2) is 3.98. The summed E-state index contributed by atoms with van der Waals surface area (Å²) in [6.07, 6.45) is 0.910. The SMILES string of the molecule is C[Si](C)(C)C1([B-](F)(F)F)SCCCS1. The largest absolute Gasteiger partial charge is 0.501 e. The maximum atomic E-state index is 13.1. The van der Waals surface area contributed by atoms with E-state index < -0.39 is 18.7 Å². The van der Waals surface area contributed by atoms with Gasteiger partial charge in [0, 0.05) is 11.7 Å². The van der Waals surface area contributed by atoms with Crippen LogP contribution in [0.1, 0.15) is 6.42 Å². The van der Waals surface area contributed by atoms with Crippen molar-refractivity contribution in [2.45, 2.75) is 29.7 Å². The zero-order valence-corrected chi connectivity index (χ0v) is 11.3. The molecule has 1 aliphatic heterocycles. The van der Waals surface area contributed by atoms with Gasteiger partial charge in [0.1, 0.15) is 0 Å². The predicted molar refractivity (Wildman–Crippen MR) is 64.7 cm³/mol. The molecular weight excluding hydrogens is 244 g/mol. The van der Waals surface area contributed by atoms with E-state index >= 15 is 0 Å². The van der Waals surface area contributed by atoms with Crippen LogP contribution in [-0.2, 0) is 0 Å². The van der Waals surface area contributed by atoms with E-state index in [0.29, 0.717) is 11.5 Å². The van der Waals surface area contributed by atoms with Crippen LogP contribution < -0.4 is 0 Å². The molecule has 1 heterocycles. The number of thioether (sulfide) groups is 2. The monoisotopic (exact) mass is 259 g/mol. The van der Waals surface area contributed by atoms with Crippen LogP contribution in [0.3, 0.4) is 0 Å². The summed E-state index contributed by atoms with van der Waals surface area (Å²) in [4.78, 5) is 0. The fraction of sp³-hybridized carbons (Fsp3) is 1.00. The molecule has 84 valence electrons. The summed E-state index contributed by atoms with van der Waals surface area (Å²) < 4.78 is 38.0. The molecule has 1 aliphatic rings. The standard InChI is InChI=1S/C7H15BF3S2Si/c1-14(2,3)7(8(9,10)11)12-5-4-6-13-7/h4-6H2,1-3H3/q-1. The lowest BCUT2D eigenvalue weighted by Crippen LogP contribution is -2.61. The molecule has 1 rings (SSSR count). The molecule has 0 aromatic rings. The Labute approximate surface area is 92.9 Å². The normalized spacial score (nSPS) is 23.6. The van der Waals surface area contributed by atoms with Crippen LogP contribution in [0.4, 0.5) is 12.9 Å². The van der Waals surface area contributed by atoms with Crippen molar-refractivity contribution >= 4 is 38.6 Å². The van der Waals surface area contributed by atoms with Gasteiger partial charge in [-0.25, -0.2) is 0 Å². The Morgan fingerprint density at radius 2 is 1.50 bits per heavy atom. The van der Waals surface area contributed by atoms with Gasteiger partial charge in [0.05, 0.1) is 0 Å². The topological polar surface area (TPSA) is 0 Å². The highest BCUT2D eigenvalue weighted by Crippen LogP contribution is 2.55. The van der Waals surface area contributed by atoms with Crippen molar-refractivity contribution in [3.8, 4) is 0 Å². The van der Waals surface area contributed by atoms with Gasteiger partial charge in [0.2, 0.25) is 0 Å². The highest BCUT2D eigenvalue weighted by molar-refractivity contribution is 8.23. The summed E-state index contributed by atoms with van der Waals surface area (Å²) >= 11 is 2.30. The van der Waals surface area contributed by atoms with Crippen molar-refractivity contribution in [2.75, 3.05) is 11.5 Å². The van der Waals surface area contributed by atoms with Crippen molar-refractivity contribution < 1.29 is 12.9 Å². The zero-order valence-electron chi connectivity index (χ0n) is 8.65. The van der Waals surface area contributed by atoms with Crippen molar-refractivity contribution in [1.82, 2.24) is 0 Å². The quantitative estimate of drug-likeness (QED) is 0.691. The summed E-state index contributed by atoms with van der Waals surface area (Å²) in [5.74, 6) is 1.33. The van der Waals surface area contributed by atoms with Crippen molar-refractivity contribution in [3.63, 3.8) is 0 Å². The first kappa shape index (κ1) is 12.8. The summed E-state index contributed by atoms with van der Waals surface area (Å²) in [5.41, 5.74) is 0. The highest BCUT2D eigenvalue weighted by Gasteiger charge is 2.58. The third-order valence-electron chi connectivity index (χ3n) is 2.40. The lowest BCUT2D eigenvalue weighted by atomic mass is 9.95. The molecule has 14 heavy (non-hydrogen) atoms. The van der Waals surface area contributed by atoms with Crippen LogP contribution in [0.25, 0.3) is 0 Å². The zero-order chi connectivity index (χ0) is 11.0. The highest BCUT2D eigenvalue weighted by atomic mass is 32.2. The van der Waals surface area contributed by atoms with E-state index in [0.717, 1.165) is 29.9 Å². The van der Waals surface area contributed by atoms with Gasteiger partial charge in [-0.2, -0.15) is 23.5 Å². The number of hydrogen-bond acceptors (Lipinski definition) is 2. The van der Waals surface area contributed by atoms with Crippen LogP contribution >= 0.6 is 23.5 Å². The molecule has 0 spiro atoms. The smallest absolute Gasteiger partial charge is 0.448 e. The molecule has 7 heteroatoms. The molecule has 1 fully saturated rings. The van der Waals surface area contributed by atoms with Gasteiger partial charge in [-0.05, 0) is 17.9 Å². The molecule has 0 atom stereocenters. The van der Waals surface area contributed by atoms with Crippen LogP contribution in [-0.4, -0.2) is 30.2 Å². The molecule has 0 bridgehead atoms. The first-order valence-electron chi connectivity index (χ1n) is 4.68. The second-order valence-electron chi connectivity index (χ2n) is 4.54. The van der Waals surface area contributed by atoms with Crippen LogP contribution in [0.5, 0.6) is 0 Å². The van der Waals surface area contributed by atoms with Gasteiger partial charge in [-0.3, -0.25) is 0 Å². The first-order chi connectivity index (χ1) is 6.21. The maximum absolute atomic E-state index is 13.1. The molecule has 1 saturated heterocycles. The minimum atomic E-state index is -4.73. The van der Waals surface area contributed by atoms with Crippen LogP contribution in [0, 0.1) is 0 Å². The van der Waals surface area contributed by atoms with Crippen LogP contribution in [0.2, 0.25) is 19.6 Å². The molecule has 0 aromatic carbocycles. The fourth-order valence-corrected chi connectivity index (χ4v) is 9.30. The predicted octanol–water partition coefficient (Wildman–Crippen LogP) is 3.82. The lowest BCUT2D eigenvalue weighted by molar-refractivity contribution is 0.471. The Morgan fingerprint density at radius 3 is 1.71 bits per heavy atom. The average molecular weight is 259 g/mol. The van der Waals surface area contributed by atoms with E-state index in [1.165, 1.54) is 0 Å². The van der Waals surface area contributed by atoms with Gasteiger partial charge in [-0.1, -0.05) is 19.6 Å². The Hall–Kier alpha value is 0.772. The van der Waals surface area contributed by atoms with Crippen LogP contribution in [0.15, 0.2) is 0 Å². The summed E-state index contributed by atoms with van der Waals surface area (Å²) in [6.45, 7) is 0.747. The van der Waals surface area contributed by atoms with E-state index in [1.54, 1.807) is 0 Å². The Morgan fingerprint density at radius 1 is 1.07 bits per heavy atom. The minimum absolute atomic E-state index is 0.665. The molecule has 0 amide bonds. The maximum Gasteiger partial charge on any atom is 0.501 e. The van der Waals surface area contributed by atoms with E-state index in [-0.39, 0.29) is 0 Å². The van der Waals surface area contributed by atoms with Gasteiger partial charge < -0.3 is 12.9 Å². The molecule has 0 N–H and O–H groups in total. The Bertz CT molecular complexity index is 192. The molecule has 0 saturated carbocycles. The number of halogens is 3. The Balaban J connectivity index is 3.01. The van der Waals surface area contributed by atoms with E-state index in [1.807, 2.05) is 19.6 Å². The Kier molecular flexibility index (Phi) is 3.65. The van der Waals surface area contributed by atoms with Crippen molar-refractivity contribution in [1.29, 1.82) is 0 Å². The van der Waals surface area contributed by atoms with Gasteiger partial charge in [0.25, 0.3) is 0 Å². The van der Waals surface area contributed by atoms with Crippen molar-refractivity contribution in [3.05, 3.63) is 0 Å². The number of hydrogen-bond donors (Lipinski definition) is 0.